The molecule has 0 aliphatic carbocycles. The zero-order valence-corrected chi connectivity index (χ0v) is 14.1. The summed E-state index contributed by atoms with van der Waals surface area (Å²) in [6.07, 6.45) is 0. The number of para-hydroxylation sites is 2. The molecule has 5 nitrogen and oxygen atoms in total. The summed E-state index contributed by atoms with van der Waals surface area (Å²) in [6, 6.07) is 17.6. The number of benzene rings is 2. The van der Waals surface area contributed by atoms with E-state index in [1.165, 1.54) is 0 Å². The molecule has 0 spiro atoms. The van der Waals surface area contributed by atoms with Crippen molar-refractivity contribution in [1.82, 2.24) is 10.6 Å². The number of hydrogen-bond acceptors (Lipinski definition) is 4. The second-order valence-electron chi connectivity index (χ2n) is 5.36. The minimum Gasteiger partial charge on any atom is -0.493 e. The maximum atomic E-state index is 11.9. The van der Waals surface area contributed by atoms with Crippen molar-refractivity contribution < 1.29 is 14.3 Å². The van der Waals surface area contributed by atoms with E-state index in [0.29, 0.717) is 24.7 Å². The molecule has 0 saturated carbocycles. The van der Waals surface area contributed by atoms with E-state index < -0.39 is 0 Å². The number of nitrogens with one attached hydrogen (secondary N) is 2. The third-order valence-electron chi connectivity index (χ3n) is 3.62. The first-order valence-corrected chi connectivity index (χ1v) is 8.01. The molecule has 2 rings (SSSR count). The fourth-order valence-electron chi connectivity index (χ4n) is 2.26. The molecule has 2 N–H and O–H groups in total. The molecule has 0 aliphatic heterocycles. The van der Waals surface area contributed by atoms with E-state index in [2.05, 4.69) is 10.6 Å². The highest BCUT2D eigenvalue weighted by Crippen LogP contribution is 2.25. The number of ether oxygens (including phenoxy) is 2. The minimum atomic E-state index is -0.0543. The van der Waals surface area contributed by atoms with Crippen LogP contribution in [0.2, 0.25) is 0 Å². The van der Waals surface area contributed by atoms with Gasteiger partial charge < -0.3 is 20.1 Å². The lowest BCUT2D eigenvalue weighted by Crippen LogP contribution is -2.37. The Labute approximate surface area is 143 Å². The smallest absolute Gasteiger partial charge is 0.234 e. The molecule has 0 radical (unpaired) electrons. The molecule has 0 unspecified atom stereocenters. The minimum absolute atomic E-state index is 0.0543. The van der Waals surface area contributed by atoms with Crippen molar-refractivity contribution in [2.75, 3.05) is 26.8 Å². The Kier molecular flexibility index (Phi) is 7.11. The molecule has 24 heavy (non-hydrogen) atoms. The van der Waals surface area contributed by atoms with Gasteiger partial charge in [-0.1, -0.05) is 42.5 Å². The predicted octanol–water partition coefficient (Wildman–Crippen LogP) is 2.54. The molecule has 0 aromatic heterocycles. The Bertz CT molecular complexity index is 632. The zero-order valence-electron chi connectivity index (χ0n) is 14.1. The van der Waals surface area contributed by atoms with Crippen LogP contribution in [0.3, 0.4) is 0 Å². The fourth-order valence-corrected chi connectivity index (χ4v) is 2.26. The second-order valence-corrected chi connectivity index (χ2v) is 5.36. The van der Waals surface area contributed by atoms with Crippen molar-refractivity contribution in [3.63, 3.8) is 0 Å². The summed E-state index contributed by atoms with van der Waals surface area (Å²) in [5.74, 6) is 1.30. The van der Waals surface area contributed by atoms with Crippen LogP contribution in [0, 0.1) is 0 Å². The number of hydrogen-bond donors (Lipinski definition) is 2. The first-order valence-electron chi connectivity index (χ1n) is 8.01. The Morgan fingerprint density at radius 1 is 1.04 bits per heavy atom. The average Bonchev–Trinajstić information content (AvgIpc) is 2.64. The van der Waals surface area contributed by atoms with Gasteiger partial charge in [0.15, 0.2) is 11.5 Å². The van der Waals surface area contributed by atoms with Gasteiger partial charge in [0.1, 0.15) is 6.61 Å². The van der Waals surface area contributed by atoms with E-state index >= 15 is 0 Å². The van der Waals surface area contributed by atoms with Gasteiger partial charge in [0.05, 0.1) is 20.2 Å². The molecule has 5 heteroatoms. The Morgan fingerprint density at radius 3 is 2.42 bits per heavy atom. The molecule has 0 fully saturated rings. The van der Waals surface area contributed by atoms with Crippen molar-refractivity contribution in [3.8, 4) is 11.5 Å². The van der Waals surface area contributed by atoms with Gasteiger partial charge >= 0.3 is 0 Å². The van der Waals surface area contributed by atoms with Crippen LogP contribution in [0.25, 0.3) is 0 Å². The van der Waals surface area contributed by atoms with Gasteiger partial charge in [0.25, 0.3) is 0 Å². The standard InChI is InChI=1S/C19H24N2O3/c1-15(16-8-4-3-5-9-16)21-14-19(22)20-12-13-24-18-11-7-6-10-17(18)23-2/h3-11,15,21H,12-14H2,1-2H3,(H,20,22)/t15-/m0/s1. The Morgan fingerprint density at radius 2 is 1.71 bits per heavy atom. The summed E-state index contributed by atoms with van der Waals surface area (Å²) >= 11 is 0. The van der Waals surface area contributed by atoms with Gasteiger partial charge in [-0.3, -0.25) is 4.79 Å². The van der Waals surface area contributed by atoms with E-state index in [0.717, 1.165) is 5.56 Å². The van der Waals surface area contributed by atoms with Gasteiger partial charge in [-0.15, -0.1) is 0 Å². The molecule has 0 heterocycles. The summed E-state index contributed by atoms with van der Waals surface area (Å²) in [4.78, 5) is 11.9. The van der Waals surface area contributed by atoms with Crippen LogP contribution in [0.1, 0.15) is 18.5 Å². The summed E-state index contributed by atoms with van der Waals surface area (Å²) in [7, 11) is 1.60. The quantitative estimate of drug-likeness (QED) is 0.695. The first-order chi connectivity index (χ1) is 11.7. The molecule has 0 saturated heterocycles. The molecule has 0 bridgehead atoms. The molecule has 0 aliphatic rings. The number of rotatable bonds is 9. The Balaban J connectivity index is 1.65. The van der Waals surface area contributed by atoms with Crippen molar-refractivity contribution in [3.05, 3.63) is 60.2 Å². The largest absolute Gasteiger partial charge is 0.493 e. The average molecular weight is 328 g/mol. The number of carbonyl (C=O) groups excluding carboxylic acids is 1. The van der Waals surface area contributed by atoms with Gasteiger partial charge in [-0.05, 0) is 24.6 Å². The normalized spacial score (nSPS) is 11.6. The van der Waals surface area contributed by atoms with Crippen LogP contribution in [0.4, 0.5) is 0 Å². The maximum absolute atomic E-state index is 11.9. The highest BCUT2D eigenvalue weighted by atomic mass is 16.5. The zero-order chi connectivity index (χ0) is 17.2. The number of carbonyl (C=O) groups is 1. The van der Waals surface area contributed by atoms with Crippen LogP contribution in [0.5, 0.6) is 11.5 Å². The van der Waals surface area contributed by atoms with Gasteiger partial charge in [0.2, 0.25) is 5.91 Å². The highest BCUT2D eigenvalue weighted by molar-refractivity contribution is 5.78. The summed E-state index contributed by atoms with van der Waals surface area (Å²) < 4.78 is 10.8. The molecule has 2 aromatic rings. The van der Waals surface area contributed by atoms with E-state index in [1.807, 2.05) is 61.5 Å². The van der Waals surface area contributed by atoms with Gasteiger partial charge in [-0.2, -0.15) is 0 Å². The molecule has 2 aromatic carbocycles. The second kappa shape index (κ2) is 9.57. The van der Waals surface area contributed by atoms with Crippen LogP contribution < -0.4 is 20.1 Å². The molecular formula is C19H24N2O3. The predicted molar refractivity (Wildman–Crippen MR) is 94.4 cm³/mol. The lowest BCUT2D eigenvalue weighted by Gasteiger charge is -2.14. The van der Waals surface area contributed by atoms with Crippen LogP contribution in [0.15, 0.2) is 54.6 Å². The fraction of sp³-hybridized carbons (Fsp3) is 0.316. The van der Waals surface area contributed by atoms with Crippen LogP contribution >= 0.6 is 0 Å². The SMILES string of the molecule is COc1ccccc1OCCNC(=O)CN[C@@H](C)c1ccccc1. The van der Waals surface area contributed by atoms with Gasteiger partial charge in [-0.25, -0.2) is 0 Å². The maximum Gasteiger partial charge on any atom is 0.234 e. The molecule has 1 atom stereocenters. The number of methoxy groups -OCH3 is 1. The van der Waals surface area contributed by atoms with Crippen molar-refractivity contribution >= 4 is 5.91 Å². The monoisotopic (exact) mass is 328 g/mol. The molecule has 1 amide bonds. The molecule has 128 valence electrons. The third kappa shape index (κ3) is 5.59. The van der Waals surface area contributed by atoms with E-state index in [-0.39, 0.29) is 18.5 Å². The molecular weight excluding hydrogens is 304 g/mol. The number of amides is 1. The highest BCUT2D eigenvalue weighted by Gasteiger charge is 2.07. The summed E-state index contributed by atoms with van der Waals surface area (Å²) in [5, 5.41) is 6.03. The van der Waals surface area contributed by atoms with E-state index in [9.17, 15) is 4.79 Å². The first kappa shape index (κ1) is 17.8. The van der Waals surface area contributed by atoms with Gasteiger partial charge in [0, 0.05) is 6.04 Å². The van der Waals surface area contributed by atoms with Crippen LogP contribution in [-0.4, -0.2) is 32.7 Å². The van der Waals surface area contributed by atoms with Crippen molar-refractivity contribution in [2.24, 2.45) is 0 Å². The Hall–Kier alpha value is -2.53. The van der Waals surface area contributed by atoms with Crippen molar-refractivity contribution in [2.45, 2.75) is 13.0 Å². The summed E-state index contributed by atoms with van der Waals surface area (Å²) in [5.41, 5.74) is 1.16. The van der Waals surface area contributed by atoms with E-state index in [1.54, 1.807) is 7.11 Å². The van der Waals surface area contributed by atoms with Crippen LogP contribution in [-0.2, 0) is 4.79 Å². The van der Waals surface area contributed by atoms with Crippen molar-refractivity contribution in [1.29, 1.82) is 0 Å². The lowest BCUT2D eigenvalue weighted by molar-refractivity contribution is -0.120. The topological polar surface area (TPSA) is 59.6 Å². The van der Waals surface area contributed by atoms with E-state index in [4.69, 9.17) is 9.47 Å². The lowest BCUT2D eigenvalue weighted by atomic mass is 10.1. The third-order valence-corrected chi connectivity index (χ3v) is 3.62. The summed E-state index contributed by atoms with van der Waals surface area (Å²) in [6.45, 7) is 3.14.